The lowest BCUT2D eigenvalue weighted by Crippen LogP contribution is -2.28. The molecule has 1 aromatic carbocycles. The third kappa shape index (κ3) is 4.03. The molecule has 9 heteroatoms. The van der Waals surface area contributed by atoms with Crippen molar-refractivity contribution in [2.75, 3.05) is 6.54 Å². The standard InChI is InChI=1S/C20H19F3N4O2/c21-20(22,23)18-14-8-4-5-9-16(14)27(25-18)11-10-24-19(28)15-12-17(29-26-15)13-6-2-1-3-7-13/h1-3,6-7,12H,4-5,8-11H2,(H,24,28). The Bertz CT molecular complexity index is 1010. The number of aromatic nitrogens is 3. The molecule has 1 aliphatic rings. The van der Waals surface area contributed by atoms with Gasteiger partial charge in [0.05, 0.1) is 6.54 Å². The fraction of sp³-hybridized carbons (Fsp3) is 0.350. The van der Waals surface area contributed by atoms with E-state index in [9.17, 15) is 18.0 Å². The highest BCUT2D eigenvalue weighted by atomic mass is 19.4. The largest absolute Gasteiger partial charge is 0.435 e. The summed E-state index contributed by atoms with van der Waals surface area (Å²) in [6.45, 7) is 0.297. The quantitative estimate of drug-likeness (QED) is 0.701. The molecule has 6 nitrogen and oxygen atoms in total. The summed E-state index contributed by atoms with van der Waals surface area (Å²) in [6, 6.07) is 10.8. The van der Waals surface area contributed by atoms with Gasteiger partial charge in [0.25, 0.3) is 5.91 Å². The molecule has 1 amide bonds. The molecule has 152 valence electrons. The maximum atomic E-state index is 13.2. The lowest BCUT2D eigenvalue weighted by atomic mass is 9.95. The summed E-state index contributed by atoms with van der Waals surface area (Å²) in [5.74, 6) is 0.0136. The molecule has 0 aliphatic heterocycles. The van der Waals surface area contributed by atoms with E-state index in [1.165, 1.54) is 10.7 Å². The van der Waals surface area contributed by atoms with Gasteiger partial charge in [-0.15, -0.1) is 0 Å². The van der Waals surface area contributed by atoms with Crippen LogP contribution >= 0.6 is 0 Å². The molecule has 0 atom stereocenters. The summed E-state index contributed by atoms with van der Waals surface area (Å²) >= 11 is 0. The molecule has 1 aliphatic carbocycles. The molecule has 0 radical (unpaired) electrons. The fourth-order valence-electron chi connectivity index (χ4n) is 3.57. The van der Waals surface area contributed by atoms with Crippen molar-refractivity contribution in [1.29, 1.82) is 0 Å². The Kier molecular flexibility index (Phi) is 5.12. The van der Waals surface area contributed by atoms with Gasteiger partial charge >= 0.3 is 6.18 Å². The monoisotopic (exact) mass is 404 g/mol. The molecule has 1 N–H and O–H groups in total. The van der Waals surface area contributed by atoms with E-state index in [0.717, 1.165) is 18.4 Å². The molecule has 2 heterocycles. The van der Waals surface area contributed by atoms with Gasteiger partial charge in [-0.05, 0) is 25.7 Å². The fourth-order valence-corrected chi connectivity index (χ4v) is 3.57. The van der Waals surface area contributed by atoms with Gasteiger partial charge in [0.1, 0.15) is 0 Å². The number of carbonyl (C=O) groups excluding carboxylic acids is 1. The van der Waals surface area contributed by atoms with Gasteiger partial charge in [0.2, 0.25) is 0 Å². The zero-order valence-corrected chi connectivity index (χ0v) is 15.5. The van der Waals surface area contributed by atoms with E-state index >= 15 is 0 Å². The van der Waals surface area contributed by atoms with Crippen LogP contribution in [0.4, 0.5) is 13.2 Å². The van der Waals surface area contributed by atoms with Crippen LogP contribution in [0.1, 0.15) is 40.3 Å². The Balaban J connectivity index is 1.41. The third-order valence-corrected chi connectivity index (χ3v) is 4.94. The van der Waals surface area contributed by atoms with E-state index in [1.54, 1.807) is 0 Å². The Morgan fingerprint density at radius 2 is 1.93 bits per heavy atom. The summed E-state index contributed by atoms with van der Waals surface area (Å²) in [5.41, 5.74) is 1.01. The van der Waals surface area contributed by atoms with Crippen LogP contribution in [0.25, 0.3) is 11.3 Å². The molecule has 0 saturated carbocycles. The zero-order chi connectivity index (χ0) is 20.4. The Hall–Kier alpha value is -3.10. The molecule has 0 saturated heterocycles. The molecule has 0 bridgehead atoms. The Morgan fingerprint density at radius 1 is 1.17 bits per heavy atom. The van der Waals surface area contributed by atoms with Crippen molar-refractivity contribution in [3.05, 3.63) is 59.0 Å². The molecular formula is C20H19F3N4O2. The number of nitrogens with zero attached hydrogens (tertiary/aromatic N) is 3. The van der Waals surface area contributed by atoms with Gasteiger partial charge in [-0.1, -0.05) is 35.5 Å². The van der Waals surface area contributed by atoms with Crippen molar-refractivity contribution in [2.45, 2.75) is 38.4 Å². The van der Waals surface area contributed by atoms with Gasteiger partial charge in [-0.3, -0.25) is 9.48 Å². The first-order chi connectivity index (χ1) is 13.9. The summed E-state index contributed by atoms with van der Waals surface area (Å²) in [7, 11) is 0. The predicted octanol–water partition coefficient (Wildman–Crippen LogP) is 3.87. The molecule has 3 aromatic rings. The first-order valence-corrected chi connectivity index (χ1v) is 9.39. The van der Waals surface area contributed by atoms with Crippen LogP contribution in [0.5, 0.6) is 0 Å². The Morgan fingerprint density at radius 3 is 2.69 bits per heavy atom. The minimum Gasteiger partial charge on any atom is -0.355 e. The topological polar surface area (TPSA) is 73.0 Å². The summed E-state index contributed by atoms with van der Waals surface area (Å²) in [6.07, 6.45) is -1.95. The first kappa shape index (κ1) is 19.2. The predicted molar refractivity (Wildman–Crippen MR) is 98.1 cm³/mol. The number of rotatable bonds is 5. The highest BCUT2D eigenvalue weighted by Gasteiger charge is 2.39. The number of alkyl halides is 3. The molecule has 0 spiro atoms. The minimum absolute atomic E-state index is 0.113. The van der Waals surface area contributed by atoms with E-state index in [1.807, 2.05) is 30.3 Å². The second kappa shape index (κ2) is 7.73. The number of carbonyl (C=O) groups is 1. The number of amides is 1. The summed E-state index contributed by atoms with van der Waals surface area (Å²) in [5, 5.41) is 10.2. The lowest BCUT2D eigenvalue weighted by Gasteiger charge is -2.14. The lowest BCUT2D eigenvalue weighted by molar-refractivity contribution is -0.142. The highest BCUT2D eigenvalue weighted by molar-refractivity contribution is 5.93. The van der Waals surface area contributed by atoms with Gasteiger partial charge in [0.15, 0.2) is 17.1 Å². The van der Waals surface area contributed by atoms with Crippen molar-refractivity contribution < 1.29 is 22.5 Å². The molecule has 2 aromatic heterocycles. The van der Waals surface area contributed by atoms with Crippen LogP contribution in [0, 0.1) is 0 Å². The average Bonchev–Trinajstić information content (AvgIpc) is 3.34. The normalized spacial score (nSPS) is 13.9. The molecule has 4 rings (SSSR count). The van der Waals surface area contributed by atoms with E-state index in [4.69, 9.17) is 4.52 Å². The third-order valence-electron chi connectivity index (χ3n) is 4.94. The van der Waals surface area contributed by atoms with Crippen LogP contribution in [0.15, 0.2) is 40.9 Å². The average molecular weight is 404 g/mol. The van der Waals surface area contributed by atoms with Gasteiger partial charge in [0, 0.05) is 29.4 Å². The SMILES string of the molecule is O=C(NCCn1nc(C(F)(F)F)c2c1CCCC2)c1cc(-c2ccccc2)on1. The van der Waals surface area contributed by atoms with Crippen LogP contribution in [-0.4, -0.2) is 27.4 Å². The first-order valence-electron chi connectivity index (χ1n) is 9.39. The van der Waals surface area contributed by atoms with Crippen LogP contribution < -0.4 is 5.32 Å². The van der Waals surface area contributed by atoms with Crippen molar-refractivity contribution in [3.63, 3.8) is 0 Å². The van der Waals surface area contributed by atoms with Crippen molar-refractivity contribution in [1.82, 2.24) is 20.3 Å². The highest BCUT2D eigenvalue weighted by Crippen LogP contribution is 2.35. The van der Waals surface area contributed by atoms with Crippen molar-refractivity contribution in [3.8, 4) is 11.3 Å². The van der Waals surface area contributed by atoms with E-state index < -0.39 is 17.8 Å². The maximum absolute atomic E-state index is 13.2. The van der Waals surface area contributed by atoms with E-state index in [2.05, 4.69) is 15.6 Å². The van der Waals surface area contributed by atoms with Crippen LogP contribution in [0.2, 0.25) is 0 Å². The molecule has 0 fully saturated rings. The van der Waals surface area contributed by atoms with Crippen LogP contribution in [-0.2, 0) is 25.6 Å². The van der Waals surface area contributed by atoms with Gasteiger partial charge in [-0.25, -0.2) is 0 Å². The Labute approximate surface area is 164 Å². The molecule has 0 unspecified atom stereocenters. The number of halogens is 3. The van der Waals surface area contributed by atoms with E-state index in [-0.39, 0.29) is 18.8 Å². The van der Waals surface area contributed by atoms with Gasteiger partial charge in [-0.2, -0.15) is 18.3 Å². The van der Waals surface area contributed by atoms with E-state index in [0.29, 0.717) is 29.9 Å². The number of fused-ring (bicyclic) bond motifs is 1. The zero-order valence-electron chi connectivity index (χ0n) is 15.5. The van der Waals surface area contributed by atoms with Gasteiger partial charge < -0.3 is 9.84 Å². The summed E-state index contributed by atoms with van der Waals surface area (Å²) in [4.78, 5) is 12.3. The van der Waals surface area contributed by atoms with Crippen molar-refractivity contribution in [2.24, 2.45) is 0 Å². The number of hydrogen-bond acceptors (Lipinski definition) is 4. The molecular weight excluding hydrogens is 385 g/mol. The number of hydrogen-bond donors (Lipinski definition) is 1. The maximum Gasteiger partial charge on any atom is 0.435 e. The summed E-state index contributed by atoms with van der Waals surface area (Å²) < 4.78 is 46.3. The minimum atomic E-state index is -4.47. The number of nitrogens with one attached hydrogen (secondary N) is 1. The number of benzene rings is 1. The van der Waals surface area contributed by atoms with Crippen molar-refractivity contribution >= 4 is 5.91 Å². The molecule has 29 heavy (non-hydrogen) atoms. The van der Waals surface area contributed by atoms with Crippen LogP contribution in [0.3, 0.4) is 0 Å². The second-order valence-corrected chi connectivity index (χ2v) is 6.90. The smallest absolute Gasteiger partial charge is 0.355 e. The second-order valence-electron chi connectivity index (χ2n) is 6.90.